The summed E-state index contributed by atoms with van der Waals surface area (Å²) in [7, 11) is 4.27. The molecule has 0 bridgehead atoms. The number of para-hydroxylation sites is 1. The quantitative estimate of drug-likeness (QED) is 0.675. The SMILES string of the molecule is CN(C)CCSc1nc2ccccc2cc1C1CCCCC1.Cl. The van der Waals surface area contributed by atoms with E-state index in [4.69, 9.17) is 4.98 Å². The van der Waals surface area contributed by atoms with Gasteiger partial charge >= 0.3 is 0 Å². The summed E-state index contributed by atoms with van der Waals surface area (Å²) in [4.78, 5) is 7.24. The predicted molar refractivity (Wildman–Crippen MR) is 104 cm³/mol. The highest BCUT2D eigenvalue weighted by Crippen LogP contribution is 2.38. The highest BCUT2D eigenvalue weighted by molar-refractivity contribution is 7.99. The van der Waals surface area contributed by atoms with E-state index < -0.39 is 0 Å². The van der Waals surface area contributed by atoms with Gasteiger partial charge in [-0.2, -0.15) is 0 Å². The van der Waals surface area contributed by atoms with Crippen molar-refractivity contribution in [3.05, 3.63) is 35.9 Å². The zero-order chi connectivity index (χ0) is 15.4. The molecule has 0 atom stereocenters. The van der Waals surface area contributed by atoms with Crippen molar-refractivity contribution >= 4 is 35.1 Å². The summed E-state index contributed by atoms with van der Waals surface area (Å²) in [6.07, 6.45) is 6.82. The molecule has 0 aliphatic heterocycles. The standard InChI is InChI=1S/C19H26N2S.ClH/c1-21(2)12-13-22-19-17(15-8-4-3-5-9-15)14-16-10-6-7-11-18(16)20-19;/h6-7,10-11,14-15H,3-5,8-9,12-13H2,1-2H3;1H. The van der Waals surface area contributed by atoms with Crippen molar-refractivity contribution in [2.45, 2.75) is 43.0 Å². The van der Waals surface area contributed by atoms with Crippen molar-refractivity contribution in [1.82, 2.24) is 9.88 Å². The van der Waals surface area contributed by atoms with E-state index in [2.05, 4.69) is 49.3 Å². The van der Waals surface area contributed by atoms with Crippen LogP contribution in [0.1, 0.15) is 43.6 Å². The van der Waals surface area contributed by atoms with Gasteiger partial charge in [-0.05, 0) is 50.6 Å². The molecular weight excluding hydrogens is 324 g/mol. The first-order chi connectivity index (χ1) is 10.7. The normalized spacial score (nSPS) is 15.8. The van der Waals surface area contributed by atoms with Crippen molar-refractivity contribution in [3.63, 3.8) is 0 Å². The van der Waals surface area contributed by atoms with E-state index in [1.807, 2.05) is 11.8 Å². The number of aromatic nitrogens is 1. The number of halogens is 1. The van der Waals surface area contributed by atoms with Crippen LogP contribution in [0.25, 0.3) is 10.9 Å². The van der Waals surface area contributed by atoms with Gasteiger partial charge in [0.2, 0.25) is 0 Å². The van der Waals surface area contributed by atoms with Crippen LogP contribution in [0, 0.1) is 0 Å². The van der Waals surface area contributed by atoms with E-state index in [1.54, 1.807) is 0 Å². The van der Waals surface area contributed by atoms with Gasteiger partial charge in [0.1, 0.15) is 5.03 Å². The molecule has 0 unspecified atom stereocenters. The minimum absolute atomic E-state index is 0. The zero-order valence-corrected chi connectivity index (χ0v) is 15.8. The molecule has 1 aliphatic carbocycles. The third-order valence-corrected chi connectivity index (χ3v) is 5.53. The number of hydrogen-bond acceptors (Lipinski definition) is 3. The highest BCUT2D eigenvalue weighted by Gasteiger charge is 2.20. The molecule has 1 saturated carbocycles. The lowest BCUT2D eigenvalue weighted by Crippen LogP contribution is -2.15. The average Bonchev–Trinajstić information content (AvgIpc) is 2.54. The Hall–Kier alpha value is -0.770. The molecule has 126 valence electrons. The topological polar surface area (TPSA) is 16.1 Å². The summed E-state index contributed by atoms with van der Waals surface area (Å²) < 4.78 is 0. The third-order valence-electron chi connectivity index (χ3n) is 4.54. The van der Waals surface area contributed by atoms with E-state index in [0.717, 1.165) is 17.8 Å². The van der Waals surface area contributed by atoms with Crippen LogP contribution in [0.2, 0.25) is 0 Å². The molecule has 1 fully saturated rings. The molecule has 1 aromatic carbocycles. The molecule has 0 radical (unpaired) electrons. The molecule has 23 heavy (non-hydrogen) atoms. The Balaban J connectivity index is 0.00000192. The summed E-state index contributed by atoms with van der Waals surface area (Å²) >= 11 is 1.93. The van der Waals surface area contributed by atoms with Crippen LogP contribution in [0.3, 0.4) is 0 Å². The van der Waals surface area contributed by atoms with Crippen molar-refractivity contribution in [3.8, 4) is 0 Å². The lowest BCUT2D eigenvalue weighted by Gasteiger charge is -2.24. The monoisotopic (exact) mass is 350 g/mol. The number of rotatable bonds is 5. The molecule has 0 saturated heterocycles. The Labute approximate surface area is 150 Å². The highest BCUT2D eigenvalue weighted by atomic mass is 35.5. The van der Waals surface area contributed by atoms with E-state index in [0.29, 0.717) is 5.92 Å². The minimum Gasteiger partial charge on any atom is -0.309 e. The summed E-state index contributed by atoms with van der Waals surface area (Å²) in [5.41, 5.74) is 2.64. The maximum atomic E-state index is 4.99. The predicted octanol–water partition coefficient (Wildman–Crippen LogP) is 5.36. The van der Waals surface area contributed by atoms with E-state index in [9.17, 15) is 0 Å². The van der Waals surface area contributed by atoms with Crippen LogP contribution < -0.4 is 0 Å². The van der Waals surface area contributed by atoms with E-state index >= 15 is 0 Å². The molecule has 1 heterocycles. The average molecular weight is 351 g/mol. The molecule has 0 spiro atoms. The van der Waals surface area contributed by atoms with Crippen LogP contribution >= 0.6 is 24.2 Å². The Bertz CT molecular complexity index is 624. The fourth-order valence-corrected chi connectivity index (χ4v) is 4.47. The van der Waals surface area contributed by atoms with Gasteiger partial charge in [0.05, 0.1) is 5.52 Å². The minimum atomic E-state index is 0. The summed E-state index contributed by atoms with van der Waals surface area (Å²) in [6.45, 7) is 1.10. The number of pyridine rings is 1. The van der Waals surface area contributed by atoms with Crippen molar-refractivity contribution in [2.75, 3.05) is 26.4 Å². The molecule has 1 aliphatic rings. The molecule has 2 aromatic rings. The van der Waals surface area contributed by atoms with Gasteiger partial charge in [-0.15, -0.1) is 24.2 Å². The molecule has 4 heteroatoms. The van der Waals surface area contributed by atoms with Gasteiger partial charge in [0.15, 0.2) is 0 Å². The van der Waals surface area contributed by atoms with Gasteiger partial charge in [-0.1, -0.05) is 37.5 Å². The van der Waals surface area contributed by atoms with Gasteiger partial charge < -0.3 is 4.90 Å². The molecule has 1 aromatic heterocycles. The Morgan fingerprint density at radius 1 is 1.13 bits per heavy atom. The second kappa shape index (κ2) is 8.91. The molecule has 0 amide bonds. The van der Waals surface area contributed by atoms with Crippen LogP contribution in [0.15, 0.2) is 35.4 Å². The maximum absolute atomic E-state index is 4.99. The number of fused-ring (bicyclic) bond motifs is 1. The smallest absolute Gasteiger partial charge is 0.100 e. The zero-order valence-electron chi connectivity index (χ0n) is 14.1. The fourth-order valence-electron chi connectivity index (χ4n) is 3.26. The number of hydrogen-bond donors (Lipinski definition) is 0. The van der Waals surface area contributed by atoms with Gasteiger partial charge in [-0.25, -0.2) is 4.98 Å². The van der Waals surface area contributed by atoms with Gasteiger partial charge in [0, 0.05) is 17.7 Å². The second-order valence-corrected chi connectivity index (χ2v) is 7.65. The maximum Gasteiger partial charge on any atom is 0.100 e. The Morgan fingerprint density at radius 3 is 2.61 bits per heavy atom. The number of thioether (sulfide) groups is 1. The van der Waals surface area contributed by atoms with Crippen molar-refractivity contribution in [2.24, 2.45) is 0 Å². The van der Waals surface area contributed by atoms with Crippen molar-refractivity contribution < 1.29 is 0 Å². The van der Waals surface area contributed by atoms with E-state index in [1.165, 1.54) is 48.1 Å². The summed E-state index contributed by atoms with van der Waals surface area (Å²) in [6, 6.07) is 11.0. The largest absolute Gasteiger partial charge is 0.309 e. The summed E-state index contributed by atoms with van der Waals surface area (Å²) in [5.74, 6) is 1.82. The third kappa shape index (κ3) is 4.85. The molecule has 2 nitrogen and oxygen atoms in total. The first-order valence-electron chi connectivity index (χ1n) is 8.41. The van der Waals surface area contributed by atoms with Crippen molar-refractivity contribution in [1.29, 1.82) is 0 Å². The fraction of sp³-hybridized carbons (Fsp3) is 0.526. The summed E-state index contributed by atoms with van der Waals surface area (Å²) in [5, 5.41) is 2.56. The molecule has 3 rings (SSSR count). The molecule has 0 N–H and O–H groups in total. The van der Waals surface area contributed by atoms with Gasteiger partial charge in [-0.3, -0.25) is 0 Å². The first-order valence-corrected chi connectivity index (χ1v) is 9.40. The first kappa shape index (κ1) is 18.6. The van der Waals surface area contributed by atoms with Crippen LogP contribution in [-0.2, 0) is 0 Å². The Morgan fingerprint density at radius 2 is 1.87 bits per heavy atom. The Kier molecular flexibility index (Phi) is 7.19. The van der Waals surface area contributed by atoms with Crippen LogP contribution in [-0.4, -0.2) is 36.3 Å². The lowest BCUT2D eigenvalue weighted by atomic mass is 9.84. The van der Waals surface area contributed by atoms with Gasteiger partial charge in [0.25, 0.3) is 0 Å². The van der Waals surface area contributed by atoms with Crippen LogP contribution in [0.4, 0.5) is 0 Å². The second-order valence-electron chi connectivity index (χ2n) is 6.56. The molecular formula is C19H27ClN2S. The number of nitrogens with zero attached hydrogens (tertiary/aromatic N) is 2. The lowest BCUT2D eigenvalue weighted by molar-refractivity contribution is 0.435. The number of benzene rings is 1. The van der Waals surface area contributed by atoms with E-state index in [-0.39, 0.29) is 12.4 Å². The van der Waals surface area contributed by atoms with Crippen LogP contribution in [0.5, 0.6) is 0 Å².